The maximum Gasteiger partial charge on any atom is 0.167 e. The van der Waals surface area contributed by atoms with Crippen molar-refractivity contribution in [2.75, 3.05) is 6.61 Å². The van der Waals surface area contributed by atoms with Crippen LogP contribution in [-0.4, -0.2) is 18.0 Å². The van der Waals surface area contributed by atoms with Gasteiger partial charge < -0.3 is 4.74 Å². The number of ketones is 1. The smallest absolute Gasteiger partial charge is 0.167 e. The summed E-state index contributed by atoms with van der Waals surface area (Å²) in [6.45, 7) is 0.737. The van der Waals surface area contributed by atoms with E-state index in [9.17, 15) is 4.79 Å². The van der Waals surface area contributed by atoms with Crippen molar-refractivity contribution in [1.82, 2.24) is 0 Å². The average molecular weight is 435 g/mol. The van der Waals surface area contributed by atoms with E-state index in [4.69, 9.17) is 4.74 Å². The van der Waals surface area contributed by atoms with Crippen LogP contribution in [0.1, 0.15) is 42.5 Å². The summed E-state index contributed by atoms with van der Waals surface area (Å²) in [6, 6.07) is 5.93. The highest BCUT2D eigenvalue weighted by molar-refractivity contribution is 14.1. The summed E-state index contributed by atoms with van der Waals surface area (Å²) >= 11 is 5.70. The predicted octanol–water partition coefficient (Wildman–Crippen LogP) is 4.59. The van der Waals surface area contributed by atoms with Crippen LogP contribution < -0.4 is 0 Å². The van der Waals surface area contributed by atoms with E-state index in [-0.39, 0.29) is 11.5 Å². The SMILES string of the molecule is O=C(c1cc(Br)ccc1I)C1CCOC2(CCC2)C1. The number of carbonyl (C=O) groups excluding carboxylic acids is 1. The van der Waals surface area contributed by atoms with Gasteiger partial charge in [-0.15, -0.1) is 0 Å². The van der Waals surface area contributed by atoms with Crippen molar-refractivity contribution < 1.29 is 9.53 Å². The van der Waals surface area contributed by atoms with Gasteiger partial charge in [0.2, 0.25) is 0 Å². The fourth-order valence-corrected chi connectivity index (χ4v) is 4.04. The average Bonchev–Trinajstić information content (AvgIpc) is 2.39. The normalized spacial score (nSPS) is 25.1. The Morgan fingerprint density at radius 3 is 2.89 bits per heavy atom. The van der Waals surface area contributed by atoms with Crippen LogP contribution in [0.4, 0.5) is 0 Å². The minimum Gasteiger partial charge on any atom is -0.375 e. The van der Waals surface area contributed by atoms with Crippen molar-refractivity contribution in [3.8, 4) is 0 Å². The van der Waals surface area contributed by atoms with Crippen LogP contribution in [0, 0.1) is 9.49 Å². The first-order valence-electron chi connectivity index (χ1n) is 6.73. The van der Waals surface area contributed by atoms with Crippen LogP contribution in [0.25, 0.3) is 0 Å². The third-order valence-corrected chi connectivity index (χ3v) is 5.76. The lowest BCUT2D eigenvalue weighted by molar-refractivity contribution is -0.137. The summed E-state index contributed by atoms with van der Waals surface area (Å²) in [5.74, 6) is 0.428. The molecule has 0 bridgehead atoms. The first-order valence-corrected chi connectivity index (χ1v) is 8.60. The lowest BCUT2D eigenvalue weighted by Gasteiger charge is -2.46. The largest absolute Gasteiger partial charge is 0.375 e. The topological polar surface area (TPSA) is 26.3 Å². The zero-order valence-electron chi connectivity index (χ0n) is 10.6. The Morgan fingerprint density at radius 1 is 1.42 bits per heavy atom. The third kappa shape index (κ3) is 2.76. The zero-order chi connectivity index (χ0) is 13.5. The minimum atomic E-state index is 0.0377. The number of benzene rings is 1. The zero-order valence-corrected chi connectivity index (χ0v) is 14.4. The molecule has 1 saturated carbocycles. The van der Waals surface area contributed by atoms with Crippen molar-refractivity contribution in [2.45, 2.75) is 37.7 Å². The fourth-order valence-electron chi connectivity index (χ4n) is 3.08. The number of rotatable bonds is 2. The summed E-state index contributed by atoms with van der Waals surface area (Å²) in [5, 5.41) is 0. The van der Waals surface area contributed by atoms with Gasteiger partial charge in [-0.2, -0.15) is 0 Å². The molecule has 0 N–H and O–H groups in total. The van der Waals surface area contributed by atoms with Crippen LogP contribution in [0.5, 0.6) is 0 Å². The number of carbonyl (C=O) groups is 1. The Balaban J connectivity index is 1.81. The predicted molar refractivity (Wildman–Crippen MR) is 86.4 cm³/mol. The highest BCUT2D eigenvalue weighted by Crippen LogP contribution is 2.45. The van der Waals surface area contributed by atoms with Crippen LogP contribution in [0.3, 0.4) is 0 Å². The summed E-state index contributed by atoms with van der Waals surface area (Å²) in [6.07, 6.45) is 5.28. The van der Waals surface area contributed by atoms with Crippen LogP contribution in [0.15, 0.2) is 22.7 Å². The summed E-state index contributed by atoms with van der Waals surface area (Å²) in [4.78, 5) is 12.7. The number of Topliss-reactive ketones (excluding diaryl/α,β-unsaturated/α-hetero) is 1. The molecule has 0 amide bonds. The summed E-state index contributed by atoms with van der Waals surface area (Å²) < 4.78 is 7.92. The van der Waals surface area contributed by atoms with Gasteiger partial charge in [-0.05, 0) is 72.9 Å². The molecule has 2 nitrogen and oxygen atoms in total. The molecule has 102 valence electrons. The van der Waals surface area contributed by atoms with Gasteiger partial charge in [0.1, 0.15) is 0 Å². The second kappa shape index (κ2) is 5.45. The van der Waals surface area contributed by atoms with Crippen molar-refractivity contribution in [3.63, 3.8) is 0 Å². The summed E-state index contributed by atoms with van der Waals surface area (Å²) in [7, 11) is 0. The number of ether oxygens (including phenoxy) is 1. The second-order valence-electron chi connectivity index (χ2n) is 5.56. The Kier molecular flexibility index (Phi) is 4.02. The Morgan fingerprint density at radius 2 is 2.21 bits per heavy atom. The van der Waals surface area contributed by atoms with Crippen molar-refractivity contribution in [2.24, 2.45) is 5.92 Å². The molecule has 0 radical (unpaired) electrons. The second-order valence-corrected chi connectivity index (χ2v) is 7.64. The Hall–Kier alpha value is 0.0600. The van der Waals surface area contributed by atoms with Crippen molar-refractivity contribution in [1.29, 1.82) is 0 Å². The molecule has 1 aliphatic carbocycles. The van der Waals surface area contributed by atoms with Gasteiger partial charge in [0.15, 0.2) is 5.78 Å². The quantitative estimate of drug-likeness (QED) is 0.502. The third-order valence-electron chi connectivity index (χ3n) is 4.32. The molecule has 1 heterocycles. The van der Waals surface area contributed by atoms with Crippen LogP contribution in [0.2, 0.25) is 0 Å². The van der Waals surface area contributed by atoms with Gasteiger partial charge >= 0.3 is 0 Å². The lowest BCUT2D eigenvalue weighted by Crippen LogP contribution is -2.47. The van der Waals surface area contributed by atoms with Gasteiger partial charge in [-0.25, -0.2) is 0 Å². The Labute approximate surface area is 135 Å². The maximum atomic E-state index is 12.7. The van der Waals surface area contributed by atoms with E-state index in [1.54, 1.807) is 0 Å². The van der Waals surface area contributed by atoms with Crippen molar-refractivity contribution in [3.05, 3.63) is 31.8 Å². The number of halogens is 2. The molecule has 1 aliphatic heterocycles. The summed E-state index contributed by atoms with van der Waals surface area (Å²) in [5.41, 5.74) is 0.895. The fraction of sp³-hybridized carbons (Fsp3) is 0.533. The number of hydrogen-bond acceptors (Lipinski definition) is 2. The first kappa shape index (κ1) is 14.0. The molecule has 1 unspecified atom stereocenters. The monoisotopic (exact) mass is 434 g/mol. The van der Waals surface area contributed by atoms with Crippen LogP contribution >= 0.6 is 38.5 Å². The molecule has 3 rings (SSSR count). The van der Waals surface area contributed by atoms with E-state index in [1.807, 2.05) is 18.2 Å². The van der Waals surface area contributed by atoms with Gasteiger partial charge in [0.05, 0.1) is 5.60 Å². The molecular formula is C15H16BrIO2. The van der Waals surface area contributed by atoms with Gasteiger partial charge in [-0.3, -0.25) is 4.79 Å². The van der Waals surface area contributed by atoms with E-state index in [0.29, 0.717) is 5.78 Å². The van der Waals surface area contributed by atoms with Gasteiger partial charge in [0.25, 0.3) is 0 Å². The molecule has 19 heavy (non-hydrogen) atoms. The highest BCUT2D eigenvalue weighted by atomic mass is 127. The van der Waals surface area contributed by atoms with Crippen molar-refractivity contribution >= 4 is 44.3 Å². The van der Waals surface area contributed by atoms with E-state index >= 15 is 0 Å². The highest BCUT2D eigenvalue weighted by Gasteiger charge is 2.44. The molecule has 1 atom stereocenters. The molecule has 0 aromatic heterocycles. The molecular weight excluding hydrogens is 419 g/mol. The first-order chi connectivity index (χ1) is 9.10. The number of hydrogen-bond donors (Lipinski definition) is 0. The van der Waals surface area contributed by atoms with E-state index in [1.165, 1.54) is 6.42 Å². The molecule has 1 aromatic rings. The molecule has 1 spiro atoms. The van der Waals surface area contributed by atoms with Crippen LogP contribution in [-0.2, 0) is 4.74 Å². The van der Waals surface area contributed by atoms with E-state index in [0.717, 1.165) is 45.9 Å². The molecule has 1 aromatic carbocycles. The molecule has 1 saturated heterocycles. The minimum absolute atomic E-state index is 0.0377. The molecule has 2 aliphatic rings. The van der Waals surface area contributed by atoms with Gasteiger partial charge in [-0.1, -0.05) is 15.9 Å². The van der Waals surface area contributed by atoms with E-state index in [2.05, 4.69) is 38.5 Å². The maximum absolute atomic E-state index is 12.7. The van der Waals surface area contributed by atoms with E-state index < -0.39 is 0 Å². The standard InChI is InChI=1S/C15H16BrIO2/c16-11-2-3-13(17)12(8-11)14(18)10-4-7-19-15(9-10)5-1-6-15/h2-3,8,10H,1,4-7,9H2. The molecule has 2 fully saturated rings. The molecule has 4 heteroatoms. The Bertz CT molecular complexity index is 511. The van der Waals surface area contributed by atoms with Gasteiger partial charge in [0, 0.05) is 26.1 Å². The lowest BCUT2D eigenvalue weighted by atomic mass is 9.70.